The van der Waals surface area contributed by atoms with E-state index in [1.165, 1.54) is 16.7 Å². The number of benzene rings is 4. The number of allylic oxidation sites excluding steroid dienone is 1. The molecule has 1 saturated heterocycles. The highest BCUT2D eigenvalue weighted by atomic mass is 35.5. The van der Waals surface area contributed by atoms with Gasteiger partial charge in [-0.25, -0.2) is 4.79 Å². The summed E-state index contributed by atoms with van der Waals surface area (Å²) in [5.74, 6) is 1.69. The minimum absolute atomic E-state index is 0.261. The fraction of sp³-hybridized carbons (Fsp3) is 0.308. The monoisotopic (exact) mass is 636 g/mol. The van der Waals surface area contributed by atoms with E-state index < -0.39 is 5.60 Å². The fourth-order valence-corrected chi connectivity index (χ4v) is 6.43. The van der Waals surface area contributed by atoms with Gasteiger partial charge in [-0.2, -0.15) is 0 Å². The van der Waals surface area contributed by atoms with Gasteiger partial charge in [-0.15, -0.1) is 0 Å². The summed E-state index contributed by atoms with van der Waals surface area (Å²) >= 11 is 7.16. The van der Waals surface area contributed by atoms with Gasteiger partial charge in [0.25, 0.3) is 0 Å². The van der Waals surface area contributed by atoms with Gasteiger partial charge in [0.05, 0.1) is 12.1 Å². The molecule has 0 bridgehead atoms. The molecule has 1 heterocycles. The summed E-state index contributed by atoms with van der Waals surface area (Å²) in [7, 11) is 1.69. The molecule has 0 aromatic heterocycles. The second kappa shape index (κ2) is 13.5. The standard InChI is InChI=1S/C39H41ClN2O4/c1-39(2,3)46-38(43)42-22-20-41(21-23-42)30-13-18-35(36(40)25-30)37-33(28-10-14-31(44-4)15-11-28)17-12-29-24-32(16-19-34(29)37)45-26-27-8-6-5-7-9-27/h5-11,13-16,18-19,24-25H,12,17,20-23,26H2,1-4H3. The van der Waals surface area contributed by atoms with Gasteiger partial charge in [-0.3, -0.25) is 0 Å². The van der Waals surface area contributed by atoms with Crippen LogP contribution < -0.4 is 14.4 Å². The summed E-state index contributed by atoms with van der Waals surface area (Å²) in [6.07, 6.45) is 1.52. The Morgan fingerprint density at radius 1 is 0.804 bits per heavy atom. The third-order valence-corrected chi connectivity index (χ3v) is 8.81. The average molecular weight is 637 g/mol. The van der Waals surface area contributed by atoms with E-state index in [2.05, 4.69) is 65.6 Å². The van der Waals surface area contributed by atoms with E-state index in [9.17, 15) is 4.79 Å². The smallest absolute Gasteiger partial charge is 0.410 e. The number of halogens is 1. The predicted molar refractivity (Wildman–Crippen MR) is 186 cm³/mol. The van der Waals surface area contributed by atoms with Crippen LogP contribution in [0.2, 0.25) is 5.02 Å². The molecule has 46 heavy (non-hydrogen) atoms. The van der Waals surface area contributed by atoms with Crippen molar-refractivity contribution in [1.29, 1.82) is 0 Å². The molecule has 0 spiro atoms. The van der Waals surface area contributed by atoms with Crippen LogP contribution in [0, 0.1) is 0 Å². The summed E-state index contributed by atoms with van der Waals surface area (Å²) in [6, 6.07) is 31.3. The number of methoxy groups -OCH3 is 1. The van der Waals surface area contributed by atoms with Crippen molar-refractivity contribution in [2.75, 3.05) is 38.2 Å². The van der Waals surface area contributed by atoms with Crippen LogP contribution in [0.5, 0.6) is 11.5 Å². The van der Waals surface area contributed by atoms with Crippen molar-refractivity contribution in [2.45, 2.75) is 45.8 Å². The highest BCUT2D eigenvalue weighted by Gasteiger charge is 2.28. The molecule has 4 aromatic rings. The van der Waals surface area contributed by atoms with Crippen LogP contribution in [-0.4, -0.2) is 49.9 Å². The molecule has 1 aliphatic heterocycles. The summed E-state index contributed by atoms with van der Waals surface area (Å²) in [6.45, 7) is 8.83. The number of hydrogen-bond acceptors (Lipinski definition) is 5. The van der Waals surface area contributed by atoms with E-state index in [1.807, 2.05) is 51.1 Å². The first-order chi connectivity index (χ1) is 22.2. The van der Waals surface area contributed by atoms with Gasteiger partial charge in [0.15, 0.2) is 0 Å². The molecule has 0 atom stereocenters. The van der Waals surface area contributed by atoms with Crippen molar-refractivity contribution in [2.24, 2.45) is 0 Å². The van der Waals surface area contributed by atoms with E-state index in [0.29, 0.717) is 37.8 Å². The van der Waals surface area contributed by atoms with Gasteiger partial charge < -0.3 is 24.0 Å². The lowest BCUT2D eigenvalue weighted by Crippen LogP contribution is -2.50. The second-order valence-electron chi connectivity index (χ2n) is 12.8. The first kappa shape index (κ1) is 31.6. The number of rotatable bonds is 7. The molecule has 1 aliphatic carbocycles. The fourth-order valence-electron chi connectivity index (χ4n) is 6.16. The van der Waals surface area contributed by atoms with Gasteiger partial charge in [-0.05, 0) is 103 Å². The molecule has 0 saturated carbocycles. The molecule has 6 nitrogen and oxygen atoms in total. The summed E-state index contributed by atoms with van der Waals surface area (Å²) in [5.41, 5.74) is 8.66. The first-order valence-electron chi connectivity index (χ1n) is 15.9. The minimum Gasteiger partial charge on any atom is -0.497 e. The van der Waals surface area contributed by atoms with Gasteiger partial charge in [0, 0.05) is 37.4 Å². The van der Waals surface area contributed by atoms with Crippen LogP contribution in [0.4, 0.5) is 10.5 Å². The number of carbonyl (C=O) groups excluding carboxylic acids is 1. The van der Waals surface area contributed by atoms with Crippen molar-refractivity contribution in [3.8, 4) is 11.5 Å². The molecule has 7 heteroatoms. The Balaban J connectivity index is 1.29. The van der Waals surface area contributed by atoms with Crippen molar-refractivity contribution < 1.29 is 19.0 Å². The van der Waals surface area contributed by atoms with Crippen molar-refractivity contribution in [1.82, 2.24) is 4.90 Å². The number of anilines is 1. The lowest BCUT2D eigenvalue weighted by atomic mass is 9.79. The van der Waals surface area contributed by atoms with Crippen molar-refractivity contribution in [3.05, 3.63) is 124 Å². The maximum atomic E-state index is 12.6. The molecule has 0 N–H and O–H groups in total. The number of fused-ring (bicyclic) bond motifs is 1. The normalized spacial score (nSPS) is 15.0. The van der Waals surface area contributed by atoms with Crippen LogP contribution in [0.1, 0.15) is 55.0 Å². The number of piperazine rings is 1. The van der Waals surface area contributed by atoms with Gasteiger partial charge in [0.1, 0.15) is 23.7 Å². The first-order valence-corrected chi connectivity index (χ1v) is 16.3. The van der Waals surface area contributed by atoms with E-state index in [-0.39, 0.29) is 6.09 Å². The van der Waals surface area contributed by atoms with Crippen LogP contribution in [0.3, 0.4) is 0 Å². The second-order valence-corrected chi connectivity index (χ2v) is 13.2. The molecule has 6 rings (SSSR count). The number of hydrogen-bond donors (Lipinski definition) is 0. The highest BCUT2D eigenvalue weighted by Crippen LogP contribution is 2.44. The molecule has 1 fully saturated rings. The van der Waals surface area contributed by atoms with Crippen LogP contribution in [0.25, 0.3) is 11.1 Å². The third-order valence-electron chi connectivity index (χ3n) is 8.50. The Bertz CT molecular complexity index is 1720. The largest absolute Gasteiger partial charge is 0.497 e. The van der Waals surface area contributed by atoms with Gasteiger partial charge >= 0.3 is 6.09 Å². The molecule has 4 aromatic carbocycles. The summed E-state index contributed by atoms with van der Waals surface area (Å²) in [5, 5.41) is 0.699. The van der Waals surface area contributed by atoms with E-state index in [4.69, 9.17) is 25.8 Å². The van der Waals surface area contributed by atoms with E-state index in [1.54, 1.807) is 12.0 Å². The Morgan fingerprint density at radius 3 is 2.17 bits per heavy atom. The van der Waals surface area contributed by atoms with Crippen molar-refractivity contribution >= 4 is 34.5 Å². The quantitative estimate of drug-likeness (QED) is 0.203. The molecule has 0 unspecified atom stereocenters. The number of ether oxygens (including phenoxy) is 3. The number of carbonyl (C=O) groups is 1. The molecule has 0 radical (unpaired) electrons. The number of nitrogens with zero attached hydrogens (tertiary/aromatic N) is 2. The van der Waals surface area contributed by atoms with Crippen molar-refractivity contribution in [3.63, 3.8) is 0 Å². The third kappa shape index (κ3) is 7.18. The Kier molecular flexibility index (Phi) is 9.27. The average Bonchev–Trinajstić information content (AvgIpc) is 3.06. The zero-order valence-corrected chi connectivity index (χ0v) is 27.8. The predicted octanol–water partition coefficient (Wildman–Crippen LogP) is 8.89. The molecule has 1 amide bonds. The molecular formula is C39H41ClN2O4. The zero-order valence-electron chi connectivity index (χ0n) is 27.0. The number of amides is 1. The Morgan fingerprint density at radius 2 is 1.50 bits per heavy atom. The SMILES string of the molecule is COc1ccc(C2=C(c3ccc(N4CCN(C(=O)OC(C)(C)C)CC4)cc3Cl)c3ccc(OCc4ccccc4)cc3CC2)cc1. The topological polar surface area (TPSA) is 51.2 Å². The highest BCUT2D eigenvalue weighted by molar-refractivity contribution is 6.33. The summed E-state index contributed by atoms with van der Waals surface area (Å²) < 4.78 is 17.2. The molecular weight excluding hydrogens is 596 g/mol. The Hall–Kier alpha value is -4.42. The van der Waals surface area contributed by atoms with Crippen LogP contribution >= 0.6 is 11.6 Å². The van der Waals surface area contributed by atoms with Crippen LogP contribution in [-0.2, 0) is 17.8 Å². The lowest BCUT2D eigenvalue weighted by molar-refractivity contribution is 0.0240. The van der Waals surface area contributed by atoms with E-state index >= 15 is 0 Å². The molecule has 238 valence electrons. The number of aryl methyl sites for hydroxylation is 1. The maximum absolute atomic E-state index is 12.6. The zero-order chi connectivity index (χ0) is 32.3. The Labute approximate surface area is 277 Å². The van der Waals surface area contributed by atoms with Gasteiger partial charge in [0.2, 0.25) is 0 Å². The van der Waals surface area contributed by atoms with Crippen LogP contribution in [0.15, 0.2) is 91.0 Å². The van der Waals surface area contributed by atoms with Gasteiger partial charge in [-0.1, -0.05) is 66.2 Å². The molecule has 2 aliphatic rings. The van der Waals surface area contributed by atoms with E-state index in [0.717, 1.165) is 52.3 Å². The minimum atomic E-state index is -0.509. The maximum Gasteiger partial charge on any atom is 0.410 e. The lowest BCUT2D eigenvalue weighted by Gasteiger charge is -2.37. The summed E-state index contributed by atoms with van der Waals surface area (Å²) in [4.78, 5) is 16.6.